The summed E-state index contributed by atoms with van der Waals surface area (Å²) in [6, 6.07) is 24.9. The predicted octanol–water partition coefficient (Wildman–Crippen LogP) is 4.53. The first kappa shape index (κ1) is 21.8. The molecule has 0 fully saturated rings. The van der Waals surface area contributed by atoms with Gasteiger partial charge in [0.2, 0.25) is 0 Å². The summed E-state index contributed by atoms with van der Waals surface area (Å²) in [5, 5.41) is 15.5. The van der Waals surface area contributed by atoms with Crippen LogP contribution in [-0.4, -0.2) is 16.9 Å². The summed E-state index contributed by atoms with van der Waals surface area (Å²) in [4.78, 5) is 26.1. The highest BCUT2D eigenvalue weighted by atomic mass is 16.3. The lowest BCUT2D eigenvalue weighted by molar-refractivity contribution is -0.124. The maximum absolute atomic E-state index is 13.1. The van der Waals surface area contributed by atoms with Crippen molar-refractivity contribution in [1.82, 2.24) is 10.6 Å². The number of benzene rings is 3. The number of carbonyl (C=O) groups is 2. The number of hydrogen-bond acceptors (Lipinski definition) is 3. The molecule has 0 aromatic heterocycles. The standard InChI is InChI=1S/C26H26N2O3/c1-18(21-11-5-3-6-12-21)27-25(30)24(17-20-10-9-15-23(29)16-20)26(31)28-19(2)22-13-7-4-8-14-22/h3-19,29H,1-2H3,(H,27,30)(H,28,31)/t18-,19+. The van der Waals surface area contributed by atoms with Crippen molar-refractivity contribution in [3.63, 3.8) is 0 Å². The van der Waals surface area contributed by atoms with Crippen molar-refractivity contribution in [1.29, 1.82) is 0 Å². The van der Waals surface area contributed by atoms with E-state index in [1.807, 2.05) is 74.5 Å². The summed E-state index contributed by atoms with van der Waals surface area (Å²) in [5.74, 6) is -0.917. The summed E-state index contributed by atoms with van der Waals surface area (Å²) in [7, 11) is 0. The topological polar surface area (TPSA) is 78.4 Å². The van der Waals surface area contributed by atoms with Crippen LogP contribution in [0.25, 0.3) is 6.08 Å². The van der Waals surface area contributed by atoms with Crippen molar-refractivity contribution in [2.24, 2.45) is 0 Å². The van der Waals surface area contributed by atoms with E-state index in [1.165, 1.54) is 18.2 Å². The zero-order valence-electron chi connectivity index (χ0n) is 17.6. The van der Waals surface area contributed by atoms with E-state index in [4.69, 9.17) is 0 Å². The molecule has 5 heteroatoms. The number of carbonyl (C=O) groups excluding carboxylic acids is 2. The van der Waals surface area contributed by atoms with Gasteiger partial charge in [-0.1, -0.05) is 72.8 Å². The fourth-order valence-electron chi connectivity index (χ4n) is 3.21. The largest absolute Gasteiger partial charge is 0.508 e. The van der Waals surface area contributed by atoms with Crippen LogP contribution in [-0.2, 0) is 9.59 Å². The van der Waals surface area contributed by atoms with E-state index in [0.717, 1.165) is 11.1 Å². The van der Waals surface area contributed by atoms with Crippen molar-refractivity contribution >= 4 is 17.9 Å². The highest BCUT2D eigenvalue weighted by Gasteiger charge is 2.22. The van der Waals surface area contributed by atoms with Gasteiger partial charge in [-0.15, -0.1) is 0 Å². The molecule has 0 aliphatic rings. The van der Waals surface area contributed by atoms with Crippen LogP contribution in [0.15, 0.2) is 90.5 Å². The lowest BCUT2D eigenvalue weighted by Crippen LogP contribution is -2.36. The van der Waals surface area contributed by atoms with Crippen molar-refractivity contribution in [2.45, 2.75) is 25.9 Å². The molecule has 0 radical (unpaired) electrons. The van der Waals surface area contributed by atoms with E-state index < -0.39 is 11.8 Å². The Labute approximate surface area is 182 Å². The molecule has 0 saturated carbocycles. The van der Waals surface area contributed by atoms with Crippen LogP contribution in [0.5, 0.6) is 5.75 Å². The van der Waals surface area contributed by atoms with Gasteiger partial charge in [-0.2, -0.15) is 0 Å². The van der Waals surface area contributed by atoms with Gasteiger partial charge in [0, 0.05) is 0 Å². The molecule has 3 aromatic rings. The van der Waals surface area contributed by atoms with Crippen LogP contribution in [0.4, 0.5) is 0 Å². The second kappa shape index (κ2) is 10.3. The van der Waals surface area contributed by atoms with E-state index in [9.17, 15) is 14.7 Å². The van der Waals surface area contributed by atoms with E-state index in [-0.39, 0.29) is 23.4 Å². The van der Waals surface area contributed by atoms with Crippen LogP contribution >= 0.6 is 0 Å². The van der Waals surface area contributed by atoms with Crippen molar-refractivity contribution in [3.05, 3.63) is 107 Å². The molecule has 31 heavy (non-hydrogen) atoms. The molecule has 0 heterocycles. The Hall–Kier alpha value is -3.86. The van der Waals surface area contributed by atoms with Gasteiger partial charge in [-0.25, -0.2) is 0 Å². The number of phenolic OH excluding ortho intramolecular Hbond substituents is 1. The van der Waals surface area contributed by atoms with Crippen LogP contribution in [0, 0.1) is 0 Å². The monoisotopic (exact) mass is 414 g/mol. The Morgan fingerprint density at radius 1 is 0.742 bits per heavy atom. The van der Waals surface area contributed by atoms with Crippen LogP contribution < -0.4 is 10.6 Å². The molecule has 0 unspecified atom stereocenters. The summed E-state index contributed by atoms with van der Waals surface area (Å²) in [5.41, 5.74) is 2.40. The molecular weight excluding hydrogens is 388 g/mol. The van der Waals surface area contributed by atoms with Crippen LogP contribution in [0.1, 0.15) is 42.6 Å². The van der Waals surface area contributed by atoms with Crippen molar-refractivity contribution in [2.75, 3.05) is 0 Å². The van der Waals surface area contributed by atoms with Crippen molar-refractivity contribution < 1.29 is 14.7 Å². The van der Waals surface area contributed by atoms with E-state index in [1.54, 1.807) is 12.1 Å². The number of nitrogens with one attached hydrogen (secondary N) is 2. The minimum absolute atomic E-state index is 0.0313. The fourth-order valence-corrected chi connectivity index (χ4v) is 3.21. The van der Waals surface area contributed by atoms with Gasteiger partial charge < -0.3 is 15.7 Å². The average molecular weight is 415 g/mol. The third kappa shape index (κ3) is 6.06. The molecule has 3 N–H and O–H groups in total. The van der Waals surface area contributed by atoms with E-state index >= 15 is 0 Å². The van der Waals surface area contributed by atoms with E-state index in [2.05, 4.69) is 10.6 Å². The maximum Gasteiger partial charge on any atom is 0.257 e. The Balaban J connectivity index is 1.85. The van der Waals surface area contributed by atoms with Crippen LogP contribution in [0.3, 0.4) is 0 Å². The fraction of sp³-hybridized carbons (Fsp3) is 0.154. The lowest BCUT2D eigenvalue weighted by atomic mass is 10.0. The second-order valence-corrected chi connectivity index (χ2v) is 7.36. The third-order valence-corrected chi connectivity index (χ3v) is 4.96. The van der Waals surface area contributed by atoms with Gasteiger partial charge in [-0.05, 0) is 48.7 Å². The first-order valence-corrected chi connectivity index (χ1v) is 10.2. The minimum atomic E-state index is -0.488. The van der Waals surface area contributed by atoms with Gasteiger partial charge >= 0.3 is 0 Å². The number of aromatic hydroxyl groups is 1. The predicted molar refractivity (Wildman–Crippen MR) is 122 cm³/mol. The molecule has 3 aromatic carbocycles. The highest BCUT2D eigenvalue weighted by Crippen LogP contribution is 2.18. The average Bonchev–Trinajstić information content (AvgIpc) is 2.78. The lowest BCUT2D eigenvalue weighted by Gasteiger charge is -2.18. The third-order valence-electron chi connectivity index (χ3n) is 4.96. The molecule has 2 amide bonds. The molecule has 3 rings (SSSR count). The Morgan fingerprint density at radius 2 is 1.23 bits per heavy atom. The number of amides is 2. The zero-order valence-corrected chi connectivity index (χ0v) is 17.6. The quantitative estimate of drug-likeness (QED) is 0.302. The smallest absolute Gasteiger partial charge is 0.257 e. The summed E-state index contributed by atoms with van der Waals surface area (Å²) >= 11 is 0. The first-order valence-electron chi connectivity index (χ1n) is 10.2. The molecule has 0 aliphatic heterocycles. The first-order chi connectivity index (χ1) is 14.9. The molecule has 2 atom stereocenters. The minimum Gasteiger partial charge on any atom is -0.508 e. The van der Waals surface area contributed by atoms with Gasteiger partial charge in [0.05, 0.1) is 12.1 Å². The summed E-state index contributed by atoms with van der Waals surface area (Å²) in [6.07, 6.45) is 1.49. The Morgan fingerprint density at radius 3 is 1.68 bits per heavy atom. The number of rotatable bonds is 7. The number of hydrogen-bond donors (Lipinski definition) is 3. The van der Waals surface area contributed by atoms with Gasteiger partial charge in [0.25, 0.3) is 11.8 Å². The second-order valence-electron chi connectivity index (χ2n) is 7.36. The van der Waals surface area contributed by atoms with E-state index in [0.29, 0.717) is 5.56 Å². The Kier molecular flexibility index (Phi) is 7.22. The molecule has 0 saturated heterocycles. The van der Waals surface area contributed by atoms with Crippen LogP contribution in [0.2, 0.25) is 0 Å². The molecule has 0 aliphatic carbocycles. The van der Waals surface area contributed by atoms with Gasteiger partial charge in [0.15, 0.2) is 0 Å². The van der Waals surface area contributed by atoms with Gasteiger partial charge in [0.1, 0.15) is 11.3 Å². The maximum atomic E-state index is 13.1. The summed E-state index contributed by atoms with van der Waals surface area (Å²) < 4.78 is 0. The van der Waals surface area contributed by atoms with Gasteiger partial charge in [-0.3, -0.25) is 9.59 Å². The Bertz CT molecular complexity index is 1000. The summed E-state index contributed by atoms with van der Waals surface area (Å²) in [6.45, 7) is 3.73. The normalized spacial score (nSPS) is 13.2. The molecule has 0 spiro atoms. The zero-order chi connectivity index (χ0) is 22.2. The molecule has 0 bridgehead atoms. The SMILES string of the molecule is C[C@H](NC(=O)C(=Cc1cccc(O)c1)C(=O)N[C@H](C)c1ccccc1)c1ccccc1. The highest BCUT2D eigenvalue weighted by molar-refractivity contribution is 6.21. The van der Waals surface area contributed by atoms with Crippen molar-refractivity contribution in [3.8, 4) is 5.75 Å². The number of phenols is 1. The molecule has 5 nitrogen and oxygen atoms in total. The molecule has 158 valence electrons. The molecular formula is C26H26N2O3.